The minimum absolute atomic E-state index is 0.00721. The third-order valence-corrected chi connectivity index (χ3v) is 3.07. The Morgan fingerprint density at radius 1 is 1.25 bits per heavy atom. The van der Waals surface area contributed by atoms with Crippen molar-refractivity contribution in [2.75, 3.05) is 7.11 Å². The van der Waals surface area contributed by atoms with E-state index < -0.39 is 5.97 Å². The first kappa shape index (κ1) is 13.9. The highest BCUT2D eigenvalue weighted by molar-refractivity contribution is 6.33. The van der Waals surface area contributed by atoms with Crippen molar-refractivity contribution in [2.45, 2.75) is 0 Å². The number of carbonyl (C=O) groups excluding carboxylic acids is 1. The van der Waals surface area contributed by atoms with E-state index in [0.717, 1.165) is 0 Å². The number of carbonyl (C=O) groups is 1. The zero-order valence-corrected chi connectivity index (χ0v) is 11.3. The molecule has 0 radical (unpaired) electrons. The Balaban J connectivity index is 2.50. The summed E-state index contributed by atoms with van der Waals surface area (Å²) in [6.07, 6.45) is 0. The van der Waals surface area contributed by atoms with Gasteiger partial charge in [0.2, 0.25) is 0 Å². The molecule has 0 saturated heterocycles. The number of methoxy groups -OCH3 is 1. The average Bonchev–Trinajstić information content (AvgIpc) is 2.45. The Hall–Kier alpha value is -2.51. The van der Waals surface area contributed by atoms with E-state index in [2.05, 4.69) is 4.74 Å². The SMILES string of the molecule is COC(=O)c1ccc(-c2cc(O)cc(C#N)c2)cc1Cl. The summed E-state index contributed by atoms with van der Waals surface area (Å²) in [5, 5.41) is 18.7. The minimum atomic E-state index is -0.518. The molecular weight excluding hydrogens is 278 g/mol. The molecule has 0 aromatic heterocycles. The van der Waals surface area contributed by atoms with Crippen molar-refractivity contribution < 1.29 is 14.6 Å². The van der Waals surface area contributed by atoms with Crippen molar-refractivity contribution in [3.63, 3.8) is 0 Å². The number of halogens is 1. The van der Waals surface area contributed by atoms with Crippen LogP contribution in [0.1, 0.15) is 15.9 Å². The number of phenols is 1. The van der Waals surface area contributed by atoms with Gasteiger partial charge in [-0.1, -0.05) is 17.7 Å². The van der Waals surface area contributed by atoms with Crippen molar-refractivity contribution in [1.82, 2.24) is 0 Å². The highest BCUT2D eigenvalue weighted by atomic mass is 35.5. The molecule has 2 aromatic rings. The van der Waals surface area contributed by atoms with E-state index in [1.165, 1.54) is 19.2 Å². The molecule has 0 aliphatic carbocycles. The first-order valence-electron chi connectivity index (χ1n) is 5.67. The van der Waals surface area contributed by atoms with Gasteiger partial charge in [0.1, 0.15) is 5.75 Å². The van der Waals surface area contributed by atoms with Crippen molar-refractivity contribution in [3.05, 3.63) is 52.5 Å². The molecule has 0 saturated carbocycles. The van der Waals surface area contributed by atoms with Crippen LogP contribution in [0.5, 0.6) is 5.75 Å². The van der Waals surface area contributed by atoms with Crippen molar-refractivity contribution in [1.29, 1.82) is 5.26 Å². The van der Waals surface area contributed by atoms with Crippen LogP contribution in [0, 0.1) is 11.3 Å². The quantitative estimate of drug-likeness (QED) is 0.860. The van der Waals surface area contributed by atoms with E-state index in [4.69, 9.17) is 16.9 Å². The molecule has 5 heteroatoms. The van der Waals surface area contributed by atoms with Crippen LogP contribution in [0.2, 0.25) is 5.02 Å². The molecule has 0 fully saturated rings. The van der Waals surface area contributed by atoms with Gasteiger partial charge in [0.15, 0.2) is 0 Å². The molecule has 0 amide bonds. The second-order valence-corrected chi connectivity index (χ2v) is 4.47. The number of hydrogen-bond donors (Lipinski definition) is 1. The number of nitrogens with zero attached hydrogens (tertiary/aromatic N) is 1. The zero-order valence-electron chi connectivity index (χ0n) is 10.6. The normalized spacial score (nSPS) is 9.85. The van der Waals surface area contributed by atoms with Crippen LogP contribution in [0.15, 0.2) is 36.4 Å². The van der Waals surface area contributed by atoms with Gasteiger partial charge in [-0.05, 0) is 41.5 Å². The van der Waals surface area contributed by atoms with E-state index in [1.807, 2.05) is 6.07 Å². The van der Waals surface area contributed by atoms with Crippen molar-refractivity contribution in [2.24, 2.45) is 0 Å². The van der Waals surface area contributed by atoms with E-state index >= 15 is 0 Å². The number of nitriles is 1. The lowest BCUT2D eigenvalue weighted by atomic mass is 10.0. The van der Waals surface area contributed by atoms with Crippen LogP contribution in [-0.4, -0.2) is 18.2 Å². The van der Waals surface area contributed by atoms with E-state index in [0.29, 0.717) is 16.7 Å². The largest absolute Gasteiger partial charge is 0.508 e. The van der Waals surface area contributed by atoms with Crippen LogP contribution in [0.3, 0.4) is 0 Å². The lowest BCUT2D eigenvalue weighted by Gasteiger charge is -2.07. The second-order valence-electron chi connectivity index (χ2n) is 4.07. The van der Waals surface area contributed by atoms with Crippen LogP contribution in [0.25, 0.3) is 11.1 Å². The first-order chi connectivity index (χ1) is 9.55. The van der Waals surface area contributed by atoms with Crippen LogP contribution < -0.4 is 0 Å². The number of benzene rings is 2. The predicted molar refractivity (Wildman–Crippen MR) is 74.6 cm³/mol. The molecule has 0 bridgehead atoms. The third-order valence-electron chi connectivity index (χ3n) is 2.75. The molecule has 100 valence electrons. The smallest absolute Gasteiger partial charge is 0.339 e. The fraction of sp³-hybridized carbons (Fsp3) is 0.0667. The van der Waals surface area contributed by atoms with E-state index in [-0.39, 0.29) is 16.3 Å². The van der Waals surface area contributed by atoms with Gasteiger partial charge in [-0.2, -0.15) is 5.26 Å². The van der Waals surface area contributed by atoms with Gasteiger partial charge >= 0.3 is 5.97 Å². The molecular formula is C15H10ClNO3. The highest BCUT2D eigenvalue weighted by Crippen LogP contribution is 2.29. The van der Waals surface area contributed by atoms with E-state index in [1.54, 1.807) is 24.3 Å². The number of rotatable bonds is 2. The number of aromatic hydroxyl groups is 1. The van der Waals surface area contributed by atoms with Gasteiger partial charge in [-0.25, -0.2) is 4.79 Å². The Kier molecular flexibility index (Phi) is 3.92. The molecule has 4 nitrogen and oxygen atoms in total. The minimum Gasteiger partial charge on any atom is -0.508 e. The van der Waals surface area contributed by atoms with Gasteiger partial charge in [0.25, 0.3) is 0 Å². The maximum atomic E-state index is 11.4. The molecule has 0 spiro atoms. The number of hydrogen-bond acceptors (Lipinski definition) is 4. The fourth-order valence-electron chi connectivity index (χ4n) is 1.81. The molecule has 0 heterocycles. The molecule has 2 aromatic carbocycles. The third kappa shape index (κ3) is 2.73. The van der Waals surface area contributed by atoms with Crippen LogP contribution in [0.4, 0.5) is 0 Å². The molecule has 0 unspecified atom stereocenters. The maximum absolute atomic E-state index is 11.4. The summed E-state index contributed by atoms with van der Waals surface area (Å²) >= 11 is 6.04. The summed E-state index contributed by atoms with van der Waals surface area (Å²) in [6.45, 7) is 0. The Morgan fingerprint density at radius 3 is 2.60 bits per heavy atom. The Bertz CT molecular complexity index is 720. The van der Waals surface area contributed by atoms with Crippen LogP contribution in [-0.2, 0) is 4.74 Å². The molecule has 0 aliphatic heterocycles. The molecule has 1 N–H and O–H groups in total. The number of phenolic OH excluding ortho intramolecular Hbond substituents is 1. The Labute approximate surface area is 120 Å². The summed E-state index contributed by atoms with van der Waals surface area (Å²) in [5.41, 5.74) is 1.93. The summed E-state index contributed by atoms with van der Waals surface area (Å²) in [7, 11) is 1.28. The summed E-state index contributed by atoms with van der Waals surface area (Å²) in [5.74, 6) is -0.526. The monoisotopic (exact) mass is 287 g/mol. The fourth-order valence-corrected chi connectivity index (χ4v) is 2.07. The molecule has 0 atom stereocenters. The Morgan fingerprint density at radius 2 is 2.00 bits per heavy atom. The van der Waals surface area contributed by atoms with Crippen molar-refractivity contribution in [3.8, 4) is 22.9 Å². The lowest BCUT2D eigenvalue weighted by Crippen LogP contribution is -2.01. The molecule has 2 rings (SSSR count). The average molecular weight is 288 g/mol. The van der Waals surface area contributed by atoms with E-state index in [9.17, 15) is 9.90 Å². The van der Waals surface area contributed by atoms with Gasteiger partial charge < -0.3 is 9.84 Å². The van der Waals surface area contributed by atoms with Crippen LogP contribution >= 0.6 is 11.6 Å². The molecule has 20 heavy (non-hydrogen) atoms. The highest BCUT2D eigenvalue weighted by Gasteiger charge is 2.12. The topological polar surface area (TPSA) is 70.3 Å². The number of ether oxygens (including phenoxy) is 1. The zero-order chi connectivity index (χ0) is 14.7. The van der Waals surface area contributed by atoms with Gasteiger partial charge in [-0.3, -0.25) is 0 Å². The summed E-state index contributed by atoms with van der Waals surface area (Å²) in [6, 6.07) is 11.3. The first-order valence-corrected chi connectivity index (χ1v) is 6.05. The standard InChI is InChI=1S/C15H10ClNO3/c1-20-15(19)13-3-2-10(7-14(13)16)11-4-9(8-17)5-12(18)6-11/h2-7,18H,1H3. The lowest BCUT2D eigenvalue weighted by molar-refractivity contribution is 0.0601. The number of esters is 1. The summed E-state index contributed by atoms with van der Waals surface area (Å²) in [4.78, 5) is 11.4. The molecule has 0 aliphatic rings. The second kappa shape index (κ2) is 5.64. The van der Waals surface area contributed by atoms with Gasteiger partial charge in [0, 0.05) is 0 Å². The van der Waals surface area contributed by atoms with Gasteiger partial charge in [0.05, 0.1) is 29.3 Å². The maximum Gasteiger partial charge on any atom is 0.339 e. The predicted octanol–water partition coefficient (Wildman–Crippen LogP) is 3.37. The van der Waals surface area contributed by atoms with Gasteiger partial charge in [-0.15, -0.1) is 0 Å². The van der Waals surface area contributed by atoms with Crippen molar-refractivity contribution >= 4 is 17.6 Å². The summed E-state index contributed by atoms with van der Waals surface area (Å²) < 4.78 is 4.61.